The van der Waals surface area contributed by atoms with Crippen LogP contribution in [0.15, 0.2) is 65.8 Å². The van der Waals surface area contributed by atoms with Gasteiger partial charge in [-0.15, -0.1) is 0 Å². The molecule has 0 bridgehead atoms. The highest BCUT2D eigenvalue weighted by atomic mass is 127. The molecule has 38 heavy (non-hydrogen) atoms. The molecule has 10 nitrogen and oxygen atoms in total. The lowest BCUT2D eigenvalue weighted by molar-refractivity contribution is -0.136. The van der Waals surface area contributed by atoms with Gasteiger partial charge in [0.1, 0.15) is 5.75 Å². The minimum Gasteiger partial charge on any atom is -0.497 e. The average Bonchev–Trinajstić information content (AvgIpc) is 2.92. The van der Waals surface area contributed by atoms with E-state index in [1.807, 2.05) is 46.9 Å². The molecule has 0 spiro atoms. The van der Waals surface area contributed by atoms with Gasteiger partial charge in [0, 0.05) is 11.4 Å². The maximum absolute atomic E-state index is 12.3. The smallest absolute Gasteiger partial charge is 0.329 e. The van der Waals surface area contributed by atoms with E-state index in [0.717, 1.165) is 6.42 Å². The Hall–Kier alpha value is -4.13. The fraction of sp³-hybridized carbons (Fsp3) is 0.185. The van der Waals surface area contributed by atoms with Crippen LogP contribution in [0.2, 0.25) is 0 Å². The number of hydrogen-bond acceptors (Lipinski definition) is 7. The van der Waals surface area contributed by atoms with Crippen molar-refractivity contribution >= 4 is 57.9 Å². The minimum atomic E-state index is -0.936. The van der Waals surface area contributed by atoms with E-state index in [1.165, 1.54) is 26.0 Å². The van der Waals surface area contributed by atoms with Crippen molar-refractivity contribution in [3.63, 3.8) is 0 Å². The first kappa shape index (κ1) is 28.4. The summed E-state index contributed by atoms with van der Waals surface area (Å²) >= 11 is 2.05. The largest absolute Gasteiger partial charge is 0.497 e. The number of rotatable bonds is 10. The van der Waals surface area contributed by atoms with Crippen molar-refractivity contribution in [3.8, 4) is 17.2 Å². The summed E-state index contributed by atoms with van der Waals surface area (Å²) in [4.78, 5) is 36.5. The predicted molar refractivity (Wildman–Crippen MR) is 153 cm³/mol. The van der Waals surface area contributed by atoms with E-state index >= 15 is 0 Å². The summed E-state index contributed by atoms with van der Waals surface area (Å²) in [5.41, 5.74) is 5.06. The number of hydrazone groups is 1. The van der Waals surface area contributed by atoms with Gasteiger partial charge in [0.15, 0.2) is 18.1 Å². The number of carbonyl (C=O) groups excluding carboxylic acids is 3. The molecule has 0 saturated heterocycles. The number of amides is 3. The first-order valence-electron chi connectivity index (χ1n) is 11.5. The van der Waals surface area contributed by atoms with Crippen LogP contribution >= 0.6 is 22.6 Å². The summed E-state index contributed by atoms with van der Waals surface area (Å²) in [6.45, 7) is 1.85. The van der Waals surface area contributed by atoms with Crippen molar-refractivity contribution in [1.29, 1.82) is 0 Å². The van der Waals surface area contributed by atoms with Gasteiger partial charge in [-0.25, -0.2) is 5.43 Å². The highest BCUT2D eigenvalue weighted by Gasteiger charge is 2.15. The minimum absolute atomic E-state index is 0.214. The van der Waals surface area contributed by atoms with Crippen LogP contribution in [0.1, 0.15) is 18.1 Å². The molecule has 0 fully saturated rings. The van der Waals surface area contributed by atoms with Crippen molar-refractivity contribution in [2.75, 3.05) is 31.5 Å². The Labute approximate surface area is 233 Å². The zero-order valence-electron chi connectivity index (χ0n) is 21.0. The molecule has 3 aromatic rings. The molecule has 0 aromatic heterocycles. The van der Waals surface area contributed by atoms with E-state index < -0.39 is 11.8 Å². The van der Waals surface area contributed by atoms with Crippen molar-refractivity contribution in [3.05, 3.63) is 75.4 Å². The third-order valence-electron chi connectivity index (χ3n) is 5.18. The second-order valence-corrected chi connectivity index (χ2v) is 8.97. The van der Waals surface area contributed by atoms with Gasteiger partial charge in [-0.05, 0) is 88.7 Å². The molecule has 0 aliphatic carbocycles. The molecule has 3 N–H and O–H groups in total. The fourth-order valence-corrected chi connectivity index (χ4v) is 3.97. The summed E-state index contributed by atoms with van der Waals surface area (Å²) in [5.74, 6) is -0.726. The van der Waals surface area contributed by atoms with E-state index in [9.17, 15) is 14.4 Å². The van der Waals surface area contributed by atoms with E-state index in [1.54, 1.807) is 36.4 Å². The lowest BCUT2D eigenvalue weighted by Crippen LogP contribution is -2.32. The standard InChI is InChI=1S/C27H27IN4O6/c1-4-17-5-7-19(8-6-17)30-24(33)16-38-25-22(28)13-18(14-23(25)37-3)15-29-32-27(35)26(34)31-20-9-11-21(36-2)12-10-20/h5-15H,4,16H2,1-3H3,(H,30,33)(H,31,34)(H,32,35)/b29-15-. The number of carbonyl (C=O) groups is 3. The number of benzene rings is 3. The molecule has 0 unspecified atom stereocenters. The van der Waals surface area contributed by atoms with E-state index in [4.69, 9.17) is 14.2 Å². The first-order chi connectivity index (χ1) is 18.3. The Morgan fingerprint density at radius 2 is 1.55 bits per heavy atom. The number of ether oxygens (including phenoxy) is 3. The number of nitrogens with one attached hydrogen (secondary N) is 3. The summed E-state index contributed by atoms with van der Waals surface area (Å²) in [5, 5.41) is 9.10. The van der Waals surface area contributed by atoms with Crippen molar-refractivity contribution in [1.82, 2.24) is 5.43 Å². The van der Waals surface area contributed by atoms with Gasteiger partial charge in [0.05, 0.1) is 24.0 Å². The van der Waals surface area contributed by atoms with Crippen LogP contribution in [0, 0.1) is 3.57 Å². The topological polar surface area (TPSA) is 127 Å². The van der Waals surface area contributed by atoms with Crippen LogP contribution in [0.25, 0.3) is 0 Å². The average molecular weight is 630 g/mol. The maximum Gasteiger partial charge on any atom is 0.329 e. The Kier molecular flexibility index (Phi) is 10.5. The SMILES string of the molecule is CCc1ccc(NC(=O)COc2c(I)cc(/C=N\NC(=O)C(=O)Nc3ccc(OC)cc3)cc2OC)cc1. The Morgan fingerprint density at radius 3 is 2.18 bits per heavy atom. The third-order valence-corrected chi connectivity index (χ3v) is 5.98. The molecule has 0 radical (unpaired) electrons. The lowest BCUT2D eigenvalue weighted by atomic mass is 10.1. The second kappa shape index (κ2) is 14.0. The number of methoxy groups -OCH3 is 2. The zero-order chi connectivity index (χ0) is 27.5. The van der Waals surface area contributed by atoms with Crippen molar-refractivity contribution in [2.45, 2.75) is 13.3 Å². The second-order valence-electron chi connectivity index (χ2n) is 7.80. The van der Waals surface area contributed by atoms with Gasteiger partial charge < -0.3 is 24.8 Å². The zero-order valence-corrected chi connectivity index (χ0v) is 23.2. The molecule has 0 heterocycles. The molecule has 0 aliphatic heterocycles. The fourth-order valence-electron chi connectivity index (χ4n) is 3.19. The van der Waals surface area contributed by atoms with Crippen molar-refractivity contribution in [2.24, 2.45) is 5.10 Å². The number of halogens is 1. The molecule has 0 aliphatic rings. The summed E-state index contributed by atoms with van der Waals surface area (Å²) in [6.07, 6.45) is 2.28. The number of anilines is 2. The molecular weight excluding hydrogens is 603 g/mol. The van der Waals surface area contributed by atoms with Gasteiger partial charge in [-0.3, -0.25) is 14.4 Å². The van der Waals surface area contributed by atoms with Gasteiger partial charge in [0.25, 0.3) is 5.91 Å². The molecule has 3 amide bonds. The molecular formula is C27H27IN4O6. The molecule has 0 atom stereocenters. The van der Waals surface area contributed by atoms with Gasteiger partial charge in [-0.2, -0.15) is 5.10 Å². The quantitative estimate of drug-likeness (QED) is 0.135. The molecule has 3 aromatic carbocycles. The van der Waals surface area contributed by atoms with Crippen LogP contribution in [0.3, 0.4) is 0 Å². The highest BCUT2D eigenvalue weighted by Crippen LogP contribution is 2.33. The Morgan fingerprint density at radius 1 is 0.895 bits per heavy atom. The van der Waals surface area contributed by atoms with Gasteiger partial charge in [0.2, 0.25) is 0 Å². The Bertz CT molecular complexity index is 1310. The van der Waals surface area contributed by atoms with Crippen molar-refractivity contribution < 1.29 is 28.6 Å². The van der Waals surface area contributed by atoms with Crippen LogP contribution in [-0.2, 0) is 20.8 Å². The molecule has 11 heteroatoms. The Balaban J connectivity index is 1.55. The normalized spacial score (nSPS) is 10.5. The van der Waals surface area contributed by atoms with Gasteiger partial charge in [-0.1, -0.05) is 19.1 Å². The number of aryl methyl sites for hydroxylation is 1. The summed E-state index contributed by atoms with van der Waals surface area (Å²) < 4.78 is 16.8. The van der Waals surface area contributed by atoms with E-state index in [-0.39, 0.29) is 12.5 Å². The van der Waals surface area contributed by atoms with Crippen LogP contribution in [0.5, 0.6) is 17.2 Å². The number of hydrogen-bond donors (Lipinski definition) is 3. The summed E-state index contributed by atoms with van der Waals surface area (Å²) in [6, 6.07) is 17.5. The first-order valence-corrected chi connectivity index (χ1v) is 12.6. The lowest BCUT2D eigenvalue weighted by Gasteiger charge is -2.13. The van der Waals surface area contributed by atoms with Gasteiger partial charge >= 0.3 is 11.8 Å². The highest BCUT2D eigenvalue weighted by molar-refractivity contribution is 14.1. The molecule has 0 saturated carbocycles. The third kappa shape index (κ3) is 8.20. The summed E-state index contributed by atoms with van der Waals surface area (Å²) in [7, 11) is 3.00. The monoisotopic (exact) mass is 630 g/mol. The van der Waals surface area contributed by atoms with E-state index in [0.29, 0.717) is 37.8 Å². The number of nitrogens with zero attached hydrogens (tertiary/aromatic N) is 1. The molecule has 3 rings (SSSR count). The van der Waals surface area contributed by atoms with Crippen LogP contribution in [0.4, 0.5) is 11.4 Å². The van der Waals surface area contributed by atoms with Crippen LogP contribution < -0.4 is 30.3 Å². The van der Waals surface area contributed by atoms with Crippen LogP contribution in [-0.4, -0.2) is 44.8 Å². The maximum atomic E-state index is 12.3. The van der Waals surface area contributed by atoms with E-state index in [2.05, 4.69) is 28.1 Å². The molecule has 198 valence electrons. The predicted octanol–water partition coefficient (Wildman–Crippen LogP) is 3.98.